The minimum absolute atomic E-state index is 0.130. The normalized spacial score (nSPS) is 10.1. The summed E-state index contributed by atoms with van der Waals surface area (Å²) in [4.78, 5) is 21.5. The molecule has 0 spiro atoms. The number of amides is 2. The Morgan fingerprint density at radius 2 is 1.72 bits per heavy atom. The maximum atomic E-state index is 11.3. The first-order valence-electron chi connectivity index (χ1n) is 6.48. The Hall–Kier alpha value is -0.910. The fraction of sp³-hybridized carbons (Fsp3) is 0.833. The number of carboxylic acid groups (broad SMARTS) is 1. The number of carbonyl (C=O) groups excluding carboxylic acids is 1. The Labute approximate surface area is 113 Å². The van der Waals surface area contributed by atoms with E-state index in [-0.39, 0.29) is 12.5 Å². The van der Waals surface area contributed by atoms with Crippen molar-refractivity contribution >= 4 is 23.8 Å². The summed E-state index contributed by atoms with van der Waals surface area (Å²) in [6.45, 7) is 3.43. The topological polar surface area (TPSA) is 78.4 Å². The van der Waals surface area contributed by atoms with E-state index in [0.29, 0.717) is 19.5 Å². The Kier molecular flexibility index (Phi) is 11.9. The van der Waals surface area contributed by atoms with Crippen LogP contribution in [-0.2, 0) is 4.79 Å². The summed E-state index contributed by atoms with van der Waals surface area (Å²) < 4.78 is 0. The molecule has 5 nitrogen and oxygen atoms in total. The average Bonchev–Trinajstić information content (AvgIpc) is 2.33. The Morgan fingerprint density at radius 3 is 2.33 bits per heavy atom. The van der Waals surface area contributed by atoms with Crippen LogP contribution in [0.5, 0.6) is 0 Å². The minimum Gasteiger partial charge on any atom is -0.481 e. The van der Waals surface area contributed by atoms with Gasteiger partial charge in [-0.3, -0.25) is 4.79 Å². The van der Waals surface area contributed by atoms with Gasteiger partial charge < -0.3 is 15.7 Å². The molecule has 0 aromatic heterocycles. The van der Waals surface area contributed by atoms with Crippen LogP contribution >= 0.6 is 11.8 Å². The number of aliphatic carboxylic acids is 1. The number of thioether (sulfide) groups is 1. The van der Waals surface area contributed by atoms with Gasteiger partial charge in [0.15, 0.2) is 0 Å². The van der Waals surface area contributed by atoms with Gasteiger partial charge in [0.1, 0.15) is 0 Å². The maximum Gasteiger partial charge on any atom is 0.314 e. The van der Waals surface area contributed by atoms with Crippen LogP contribution in [0.3, 0.4) is 0 Å². The highest BCUT2D eigenvalue weighted by Crippen LogP contribution is 1.99. The predicted molar refractivity (Wildman–Crippen MR) is 75.1 cm³/mol. The first kappa shape index (κ1) is 17.1. The first-order valence-corrected chi connectivity index (χ1v) is 7.63. The molecule has 0 aliphatic rings. The summed E-state index contributed by atoms with van der Waals surface area (Å²) in [6.07, 6.45) is 3.53. The van der Waals surface area contributed by atoms with E-state index in [1.165, 1.54) is 0 Å². The van der Waals surface area contributed by atoms with Crippen LogP contribution in [0.25, 0.3) is 0 Å². The molecule has 0 fully saturated rings. The van der Waals surface area contributed by atoms with Gasteiger partial charge in [0, 0.05) is 19.5 Å². The molecule has 106 valence electrons. The average molecular weight is 276 g/mol. The third-order valence-corrected chi connectivity index (χ3v) is 3.29. The number of carbonyl (C=O) groups is 2. The molecule has 2 amide bonds. The number of rotatable bonds is 11. The van der Waals surface area contributed by atoms with Gasteiger partial charge in [-0.15, -0.1) is 0 Å². The standard InChI is InChI=1S/C12H24N2O3S/c1-2-18-10-6-9-14-12(17)13-8-5-3-4-7-11(15)16/h2-10H2,1H3,(H,15,16)(H2,13,14,17). The summed E-state index contributed by atoms with van der Waals surface area (Å²) in [5.41, 5.74) is 0. The molecule has 0 saturated heterocycles. The lowest BCUT2D eigenvalue weighted by Gasteiger charge is -2.07. The third-order valence-electron chi connectivity index (χ3n) is 2.31. The first-order chi connectivity index (χ1) is 8.66. The molecule has 0 saturated carbocycles. The predicted octanol–water partition coefficient (Wildman–Crippen LogP) is 2.07. The number of nitrogens with one attached hydrogen (secondary N) is 2. The second kappa shape index (κ2) is 12.5. The van der Waals surface area contributed by atoms with Gasteiger partial charge in [-0.1, -0.05) is 13.3 Å². The zero-order valence-electron chi connectivity index (χ0n) is 11.0. The fourth-order valence-electron chi connectivity index (χ4n) is 1.36. The molecule has 3 N–H and O–H groups in total. The molecule has 0 unspecified atom stereocenters. The van der Waals surface area contributed by atoms with E-state index in [1.807, 2.05) is 11.8 Å². The highest BCUT2D eigenvalue weighted by Gasteiger charge is 1.99. The van der Waals surface area contributed by atoms with Crippen LogP contribution < -0.4 is 10.6 Å². The fourth-order valence-corrected chi connectivity index (χ4v) is 2.00. The van der Waals surface area contributed by atoms with Crippen molar-refractivity contribution in [3.05, 3.63) is 0 Å². The zero-order chi connectivity index (χ0) is 13.6. The highest BCUT2D eigenvalue weighted by atomic mass is 32.2. The SMILES string of the molecule is CCSCCCNC(=O)NCCCCCC(=O)O. The van der Waals surface area contributed by atoms with E-state index in [0.717, 1.165) is 30.8 Å². The summed E-state index contributed by atoms with van der Waals surface area (Å²) in [7, 11) is 0. The molecule has 0 aliphatic heterocycles. The van der Waals surface area contributed by atoms with E-state index in [4.69, 9.17) is 5.11 Å². The summed E-state index contributed by atoms with van der Waals surface area (Å²) in [5, 5.41) is 14.0. The highest BCUT2D eigenvalue weighted by molar-refractivity contribution is 7.99. The Morgan fingerprint density at radius 1 is 1.06 bits per heavy atom. The molecule has 0 atom stereocenters. The molecule has 0 bridgehead atoms. The number of hydrogen-bond donors (Lipinski definition) is 3. The molecule has 0 aromatic carbocycles. The van der Waals surface area contributed by atoms with Crippen molar-refractivity contribution in [3.8, 4) is 0 Å². The lowest BCUT2D eigenvalue weighted by atomic mass is 10.2. The summed E-state index contributed by atoms with van der Waals surface area (Å²) in [5.74, 6) is 1.43. The van der Waals surface area contributed by atoms with Crippen molar-refractivity contribution in [2.75, 3.05) is 24.6 Å². The van der Waals surface area contributed by atoms with Gasteiger partial charge in [-0.25, -0.2) is 4.79 Å². The van der Waals surface area contributed by atoms with Crippen molar-refractivity contribution in [1.82, 2.24) is 10.6 Å². The quantitative estimate of drug-likeness (QED) is 0.505. The molecular weight excluding hydrogens is 252 g/mol. The van der Waals surface area contributed by atoms with E-state index >= 15 is 0 Å². The third kappa shape index (κ3) is 13.2. The number of hydrogen-bond acceptors (Lipinski definition) is 3. The van der Waals surface area contributed by atoms with Gasteiger partial charge in [0.25, 0.3) is 0 Å². The van der Waals surface area contributed by atoms with Crippen molar-refractivity contribution < 1.29 is 14.7 Å². The van der Waals surface area contributed by atoms with E-state index in [2.05, 4.69) is 17.6 Å². The molecule has 0 heterocycles. The van der Waals surface area contributed by atoms with Crippen molar-refractivity contribution in [2.24, 2.45) is 0 Å². The second-order valence-corrected chi connectivity index (χ2v) is 5.33. The van der Waals surface area contributed by atoms with Crippen LogP contribution in [0.4, 0.5) is 4.79 Å². The maximum absolute atomic E-state index is 11.3. The lowest BCUT2D eigenvalue weighted by molar-refractivity contribution is -0.137. The van der Waals surface area contributed by atoms with Crippen LogP contribution in [0.1, 0.15) is 39.0 Å². The second-order valence-electron chi connectivity index (χ2n) is 3.94. The van der Waals surface area contributed by atoms with E-state index < -0.39 is 5.97 Å². The van der Waals surface area contributed by atoms with Gasteiger partial charge in [-0.05, 0) is 30.8 Å². The smallest absolute Gasteiger partial charge is 0.314 e. The molecule has 0 rings (SSSR count). The lowest BCUT2D eigenvalue weighted by Crippen LogP contribution is -2.36. The molecule has 6 heteroatoms. The summed E-state index contributed by atoms with van der Waals surface area (Å²) in [6, 6.07) is -0.130. The Bertz CT molecular complexity index is 237. The molecule has 0 aromatic rings. The van der Waals surface area contributed by atoms with Crippen LogP contribution in [-0.4, -0.2) is 41.7 Å². The Balaban J connectivity index is 3.19. The van der Waals surface area contributed by atoms with Gasteiger partial charge in [0.05, 0.1) is 0 Å². The number of carboxylic acids is 1. The van der Waals surface area contributed by atoms with Gasteiger partial charge in [-0.2, -0.15) is 11.8 Å². The van der Waals surface area contributed by atoms with E-state index in [9.17, 15) is 9.59 Å². The molecule has 0 radical (unpaired) electrons. The van der Waals surface area contributed by atoms with Gasteiger partial charge >= 0.3 is 12.0 Å². The zero-order valence-corrected chi connectivity index (χ0v) is 11.9. The minimum atomic E-state index is -0.759. The molecule has 0 aliphatic carbocycles. The van der Waals surface area contributed by atoms with Crippen molar-refractivity contribution in [3.63, 3.8) is 0 Å². The van der Waals surface area contributed by atoms with Crippen molar-refractivity contribution in [2.45, 2.75) is 39.0 Å². The monoisotopic (exact) mass is 276 g/mol. The number of unbranched alkanes of at least 4 members (excludes halogenated alkanes) is 2. The van der Waals surface area contributed by atoms with Gasteiger partial charge in [0.2, 0.25) is 0 Å². The molecular formula is C12H24N2O3S. The van der Waals surface area contributed by atoms with Crippen LogP contribution in [0, 0.1) is 0 Å². The largest absolute Gasteiger partial charge is 0.481 e. The van der Waals surface area contributed by atoms with Crippen molar-refractivity contribution in [1.29, 1.82) is 0 Å². The summed E-state index contributed by atoms with van der Waals surface area (Å²) >= 11 is 1.87. The van der Waals surface area contributed by atoms with Crippen LogP contribution in [0.15, 0.2) is 0 Å². The van der Waals surface area contributed by atoms with Crippen LogP contribution in [0.2, 0.25) is 0 Å². The number of urea groups is 1. The van der Waals surface area contributed by atoms with E-state index in [1.54, 1.807) is 0 Å². The molecule has 18 heavy (non-hydrogen) atoms.